The van der Waals surface area contributed by atoms with Gasteiger partial charge in [0.05, 0.1) is 7.11 Å². The SMILES string of the molecule is COCCC(C)C(N)c1cc(OC)cs1. The highest BCUT2D eigenvalue weighted by molar-refractivity contribution is 7.10. The van der Waals surface area contributed by atoms with Gasteiger partial charge in [0.1, 0.15) is 5.75 Å². The maximum atomic E-state index is 6.15. The zero-order valence-corrected chi connectivity index (χ0v) is 10.3. The minimum absolute atomic E-state index is 0.0778. The first-order valence-corrected chi connectivity index (χ1v) is 5.94. The van der Waals surface area contributed by atoms with Gasteiger partial charge in [0.25, 0.3) is 0 Å². The topological polar surface area (TPSA) is 44.5 Å². The van der Waals surface area contributed by atoms with Gasteiger partial charge in [-0.05, 0) is 18.4 Å². The van der Waals surface area contributed by atoms with E-state index >= 15 is 0 Å². The Bertz CT molecular complexity index is 288. The van der Waals surface area contributed by atoms with Crippen molar-refractivity contribution in [3.8, 4) is 5.75 Å². The van der Waals surface area contributed by atoms with E-state index in [0.29, 0.717) is 5.92 Å². The molecule has 1 heterocycles. The summed E-state index contributed by atoms with van der Waals surface area (Å²) in [5.41, 5.74) is 6.15. The molecule has 1 aromatic heterocycles. The Hall–Kier alpha value is -0.580. The van der Waals surface area contributed by atoms with E-state index in [1.165, 1.54) is 4.88 Å². The van der Waals surface area contributed by atoms with Gasteiger partial charge in [-0.15, -0.1) is 11.3 Å². The van der Waals surface area contributed by atoms with Crippen molar-refractivity contribution in [1.82, 2.24) is 0 Å². The molecule has 2 N–H and O–H groups in total. The van der Waals surface area contributed by atoms with Gasteiger partial charge < -0.3 is 15.2 Å². The molecule has 0 spiro atoms. The van der Waals surface area contributed by atoms with E-state index in [4.69, 9.17) is 15.2 Å². The molecule has 0 saturated carbocycles. The summed E-state index contributed by atoms with van der Waals surface area (Å²) in [5, 5.41) is 1.98. The molecule has 0 aliphatic heterocycles. The van der Waals surface area contributed by atoms with E-state index in [1.54, 1.807) is 25.6 Å². The lowest BCUT2D eigenvalue weighted by Crippen LogP contribution is -2.19. The molecule has 2 unspecified atom stereocenters. The zero-order valence-electron chi connectivity index (χ0n) is 9.53. The van der Waals surface area contributed by atoms with Crippen LogP contribution in [0, 0.1) is 5.92 Å². The van der Waals surface area contributed by atoms with Crippen molar-refractivity contribution in [2.45, 2.75) is 19.4 Å². The van der Waals surface area contributed by atoms with Gasteiger partial charge in [-0.25, -0.2) is 0 Å². The predicted octanol–water partition coefficient (Wildman–Crippen LogP) is 2.43. The Morgan fingerprint density at radius 2 is 2.20 bits per heavy atom. The molecule has 0 aromatic carbocycles. The van der Waals surface area contributed by atoms with Crippen LogP contribution in [0.4, 0.5) is 0 Å². The highest BCUT2D eigenvalue weighted by Gasteiger charge is 2.16. The number of thiophene rings is 1. The predicted molar refractivity (Wildman–Crippen MR) is 63.5 cm³/mol. The molecular formula is C11H19NO2S. The Morgan fingerprint density at radius 3 is 2.73 bits per heavy atom. The molecular weight excluding hydrogens is 210 g/mol. The second kappa shape index (κ2) is 6.10. The van der Waals surface area contributed by atoms with Gasteiger partial charge >= 0.3 is 0 Å². The zero-order chi connectivity index (χ0) is 11.3. The second-order valence-electron chi connectivity index (χ2n) is 3.67. The number of ether oxygens (including phenoxy) is 2. The summed E-state index contributed by atoms with van der Waals surface area (Å²) in [5.74, 6) is 1.32. The largest absolute Gasteiger partial charge is 0.496 e. The summed E-state index contributed by atoms with van der Waals surface area (Å²) in [6.45, 7) is 2.91. The van der Waals surface area contributed by atoms with Gasteiger partial charge in [-0.3, -0.25) is 0 Å². The average Bonchev–Trinajstić information content (AvgIpc) is 2.73. The Kier molecular flexibility index (Phi) is 5.08. The minimum atomic E-state index is 0.0778. The van der Waals surface area contributed by atoms with Crippen LogP contribution in [0.1, 0.15) is 24.3 Å². The van der Waals surface area contributed by atoms with Crippen LogP contribution in [-0.2, 0) is 4.74 Å². The summed E-state index contributed by atoms with van der Waals surface area (Å²) in [6, 6.07) is 2.09. The quantitative estimate of drug-likeness (QED) is 0.814. The molecule has 1 aromatic rings. The lowest BCUT2D eigenvalue weighted by Gasteiger charge is -2.17. The van der Waals surface area contributed by atoms with Crippen molar-refractivity contribution in [2.75, 3.05) is 20.8 Å². The molecule has 0 bridgehead atoms. The molecule has 0 radical (unpaired) electrons. The van der Waals surface area contributed by atoms with Gasteiger partial charge in [0.2, 0.25) is 0 Å². The second-order valence-corrected chi connectivity index (χ2v) is 4.62. The molecule has 2 atom stereocenters. The summed E-state index contributed by atoms with van der Waals surface area (Å²) in [4.78, 5) is 1.18. The fourth-order valence-electron chi connectivity index (χ4n) is 1.38. The Labute approximate surface area is 95.2 Å². The number of nitrogens with two attached hydrogens (primary N) is 1. The number of methoxy groups -OCH3 is 2. The van der Waals surface area contributed by atoms with Crippen LogP contribution in [0.15, 0.2) is 11.4 Å². The highest BCUT2D eigenvalue weighted by atomic mass is 32.1. The van der Waals surface area contributed by atoms with Crippen molar-refractivity contribution < 1.29 is 9.47 Å². The number of rotatable bonds is 6. The number of hydrogen-bond donors (Lipinski definition) is 1. The third-order valence-corrected chi connectivity index (χ3v) is 3.56. The minimum Gasteiger partial charge on any atom is -0.496 e. The maximum absolute atomic E-state index is 6.15. The van der Waals surface area contributed by atoms with E-state index in [-0.39, 0.29) is 6.04 Å². The molecule has 4 heteroatoms. The number of hydrogen-bond acceptors (Lipinski definition) is 4. The van der Waals surface area contributed by atoms with Crippen LogP contribution in [0.25, 0.3) is 0 Å². The fourth-order valence-corrected chi connectivity index (χ4v) is 2.37. The molecule has 0 aliphatic rings. The van der Waals surface area contributed by atoms with Crippen molar-refractivity contribution in [1.29, 1.82) is 0 Å². The molecule has 0 fully saturated rings. The van der Waals surface area contributed by atoms with Crippen molar-refractivity contribution in [3.63, 3.8) is 0 Å². The van der Waals surface area contributed by atoms with Crippen molar-refractivity contribution >= 4 is 11.3 Å². The molecule has 3 nitrogen and oxygen atoms in total. The molecule has 15 heavy (non-hydrogen) atoms. The lowest BCUT2D eigenvalue weighted by atomic mass is 9.98. The smallest absolute Gasteiger partial charge is 0.129 e. The van der Waals surface area contributed by atoms with Gasteiger partial charge in [0, 0.05) is 30.0 Å². The summed E-state index contributed by atoms with van der Waals surface area (Å²) < 4.78 is 10.2. The molecule has 0 aliphatic carbocycles. The van der Waals surface area contributed by atoms with Gasteiger partial charge in [0.15, 0.2) is 0 Å². The first-order valence-electron chi connectivity index (χ1n) is 5.06. The summed E-state index contributed by atoms with van der Waals surface area (Å²) >= 11 is 1.65. The monoisotopic (exact) mass is 229 g/mol. The van der Waals surface area contributed by atoms with Gasteiger partial charge in [-0.1, -0.05) is 6.92 Å². The highest BCUT2D eigenvalue weighted by Crippen LogP contribution is 2.30. The van der Waals surface area contributed by atoms with E-state index in [9.17, 15) is 0 Å². The van der Waals surface area contributed by atoms with Crippen LogP contribution in [0.2, 0.25) is 0 Å². The third kappa shape index (κ3) is 3.48. The fraction of sp³-hybridized carbons (Fsp3) is 0.636. The van der Waals surface area contributed by atoms with Crippen LogP contribution in [0.3, 0.4) is 0 Å². The summed E-state index contributed by atoms with van der Waals surface area (Å²) in [7, 11) is 3.39. The van der Waals surface area contributed by atoms with E-state index in [0.717, 1.165) is 18.8 Å². The average molecular weight is 229 g/mol. The van der Waals surface area contributed by atoms with Crippen LogP contribution in [-0.4, -0.2) is 20.8 Å². The first-order chi connectivity index (χ1) is 7.19. The third-order valence-electron chi connectivity index (χ3n) is 2.55. The van der Waals surface area contributed by atoms with E-state index < -0.39 is 0 Å². The van der Waals surface area contributed by atoms with E-state index in [1.807, 2.05) is 11.4 Å². The lowest BCUT2D eigenvalue weighted by molar-refractivity contribution is 0.175. The normalized spacial score (nSPS) is 14.9. The Morgan fingerprint density at radius 1 is 1.47 bits per heavy atom. The Balaban J connectivity index is 2.54. The van der Waals surface area contributed by atoms with Crippen molar-refractivity contribution in [2.24, 2.45) is 11.7 Å². The maximum Gasteiger partial charge on any atom is 0.129 e. The van der Waals surface area contributed by atoms with Crippen LogP contribution >= 0.6 is 11.3 Å². The summed E-state index contributed by atoms with van der Waals surface area (Å²) in [6.07, 6.45) is 0.984. The van der Waals surface area contributed by atoms with E-state index in [2.05, 4.69) is 6.92 Å². The molecule has 0 saturated heterocycles. The van der Waals surface area contributed by atoms with Crippen molar-refractivity contribution in [3.05, 3.63) is 16.3 Å². The van der Waals surface area contributed by atoms with Crippen LogP contribution < -0.4 is 10.5 Å². The standard InChI is InChI=1S/C11H19NO2S/c1-8(4-5-13-2)11(12)10-6-9(14-3)7-15-10/h6-8,11H,4-5,12H2,1-3H3. The first kappa shape index (κ1) is 12.5. The molecule has 1 rings (SSSR count). The van der Waals surface area contributed by atoms with Crippen LogP contribution in [0.5, 0.6) is 5.75 Å². The molecule has 0 amide bonds. The van der Waals surface area contributed by atoms with Gasteiger partial charge in [-0.2, -0.15) is 0 Å². The molecule has 86 valence electrons.